The first kappa shape index (κ1) is 12.3. The zero-order valence-electron chi connectivity index (χ0n) is 10.5. The second kappa shape index (κ2) is 5.45. The molecule has 4 heteroatoms. The Morgan fingerprint density at radius 2 is 2.12 bits per heavy atom. The van der Waals surface area contributed by atoms with Gasteiger partial charge >= 0.3 is 0 Å². The predicted octanol–water partition coefficient (Wildman–Crippen LogP) is 1.49. The van der Waals surface area contributed by atoms with Gasteiger partial charge in [-0.05, 0) is 25.8 Å². The molecule has 1 saturated carbocycles. The smallest absolute Gasteiger partial charge is 0.254 e. The lowest BCUT2D eigenvalue weighted by Crippen LogP contribution is -2.23. The second-order valence-corrected chi connectivity index (χ2v) is 4.75. The van der Waals surface area contributed by atoms with Crippen molar-refractivity contribution in [3.8, 4) is 0 Å². The third-order valence-electron chi connectivity index (χ3n) is 3.57. The first-order valence-electron chi connectivity index (χ1n) is 6.58. The molecule has 0 aromatic carbocycles. The molecule has 1 fully saturated rings. The van der Waals surface area contributed by atoms with E-state index >= 15 is 0 Å². The number of aromatic nitrogens is 2. The Morgan fingerprint density at radius 1 is 1.41 bits per heavy atom. The number of aromatic amines is 1. The van der Waals surface area contributed by atoms with Crippen molar-refractivity contribution in [1.29, 1.82) is 0 Å². The molecule has 1 aromatic heterocycles. The highest BCUT2D eigenvalue weighted by molar-refractivity contribution is 5.23. The molecule has 0 amide bonds. The van der Waals surface area contributed by atoms with E-state index in [0.29, 0.717) is 18.9 Å². The zero-order chi connectivity index (χ0) is 12.3. The van der Waals surface area contributed by atoms with Gasteiger partial charge in [0, 0.05) is 17.9 Å². The molecule has 1 aromatic rings. The van der Waals surface area contributed by atoms with Crippen molar-refractivity contribution in [3.63, 3.8) is 0 Å². The quantitative estimate of drug-likeness (QED) is 0.830. The number of nitrogens with two attached hydrogens (primary N) is 1. The summed E-state index contributed by atoms with van der Waals surface area (Å²) in [6, 6.07) is 0. The first-order valence-corrected chi connectivity index (χ1v) is 6.58. The summed E-state index contributed by atoms with van der Waals surface area (Å²) >= 11 is 0. The maximum absolute atomic E-state index is 12.0. The predicted molar refractivity (Wildman–Crippen MR) is 68.2 cm³/mol. The molecular formula is C13H21N3O. The number of nitrogens with one attached hydrogen (secondary N) is 1. The van der Waals surface area contributed by atoms with E-state index in [1.54, 1.807) is 0 Å². The van der Waals surface area contributed by atoms with E-state index in [1.165, 1.54) is 12.8 Å². The highest BCUT2D eigenvalue weighted by atomic mass is 16.1. The molecule has 0 spiro atoms. The van der Waals surface area contributed by atoms with Gasteiger partial charge < -0.3 is 10.7 Å². The SMILES string of the molecule is CCc1nc(C2CCCC2)c(CCN)c(=O)[nH]1. The van der Waals surface area contributed by atoms with Crippen LogP contribution < -0.4 is 11.3 Å². The molecule has 1 aliphatic carbocycles. The van der Waals surface area contributed by atoms with Gasteiger partial charge in [-0.2, -0.15) is 0 Å². The summed E-state index contributed by atoms with van der Waals surface area (Å²) < 4.78 is 0. The number of nitrogens with zero attached hydrogens (tertiary/aromatic N) is 1. The second-order valence-electron chi connectivity index (χ2n) is 4.75. The van der Waals surface area contributed by atoms with Crippen LogP contribution in [0.4, 0.5) is 0 Å². The van der Waals surface area contributed by atoms with Crippen molar-refractivity contribution in [2.24, 2.45) is 5.73 Å². The summed E-state index contributed by atoms with van der Waals surface area (Å²) in [6.45, 7) is 2.52. The number of hydrogen-bond donors (Lipinski definition) is 2. The molecule has 94 valence electrons. The average Bonchev–Trinajstić information content (AvgIpc) is 2.85. The lowest BCUT2D eigenvalue weighted by atomic mass is 9.97. The van der Waals surface area contributed by atoms with Gasteiger partial charge in [0.05, 0.1) is 5.69 Å². The Labute approximate surface area is 102 Å². The highest BCUT2D eigenvalue weighted by Gasteiger charge is 2.23. The summed E-state index contributed by atoms with van der Waals surface area (Å²) in [7, 11) is 0. The molecule has 17 heavy (non-hydrogen) atoms. The Kier molecular flexibility index (Phi) is 3.94. The van der Waals surface area contributed by atoms with E-state index in [4.69, 9.17) is 5.73 Å². The van der Waals surface area contributed by atoms with Gasteiger partial charge in [-0.1, -0.05) is 19.8 Å². The Morgan fingerprint density at radius 3 is 2.71 bits per heavy atom. The molecule has 0 radical (unpaired) electrons. The summed E-state index contributed by atoms with van der Waals surface area (Å²) in [5, 5.41) is 0. The maximum atomic E-state index is 12.0. The number of H-pyrrole nitrogens is 1. The minimum absolute atomic E-state index is 0.0178. The third-order valence-corrected chi connectivity index (χ3v) is 3.57. The molecular weight excluding hydrogens is 214 g/mol. The minimum Gasteiger partial charge on any atom is -0.330 e. The number of rotatable bonds is 4. The molecule has 2 rings (SSSR count). The average molecular weight is 235 g/mol. The minimum atomic E-state index is 0.0178. The highest BCUT2D eigenvalue weighted by Crippen LogP contribution is 2.33. The maximum Gasteiger partial charge on any atom is 0.254 e. The molecule has 0 bridgehead atoms. The lowest BCUT2D eigenvalue weighted by molar-refractivity contribution is 0.664. The molecule has 0 unspecified atom stereocenters. The standard InChI is InChI=1S/C13H21N3O/c1-2-11-15-12(9-5-3-4-6-9)10(7-8-14)13(17)16-11/h9H,2-8,14H2,1H3,(H,15,16,17). The van der Waals surface area contributed by atoms with Crippen LogP contribution in [0.2, 0.25) is 0 Å². The third kappa shape index (κ3) is 2.57. The van der Waals surface area contributed by atoms with E-state index in [1.807, 2.05) is 6.92 Å². The van der Waals surface area contributed by atoms with Crippen LogP contribution in [0.15, 0.2) is 4.79 Å². The molecule has 0 atom stereocenters. The van der Waals surface area contributed by atoms with Crippen LogP contribution in [0.3, 0.4) is 0 Å². The van der Waals surface area contributed by atoms with Crippen molar-refractivity contribution < 1.29 is 0 Å². The largest absolute Gasteiger partial charge is 0.330 e. The van der Waals surface area contributed by atoms with E-state index in [2.05, 4.69) is 9.97 Å². The van der Waals surface area contributed by atoms with Crippen molar-refractivity contribution >= 4 is 0 Å². The Balaban J connectivity index is 2.44. The molecule has 3 N–H and O–H groups in total. The fraction of sp³-hybridized carbons (Fsp3) is 0.692. The van der Waals surface area contributed by atoms with Gasteiger partial charge in [0.15, 0.2) is 0 Å². The zero-order valence-corrected chi connectivity index (χ0v) is 10.5. The van der Waals surface area contributed by atoms with Gasteiger partial charge in [0.25, 0.3) is 5.56 Å². The van der Waals surface area contributed by atoms with Crippen LogP contribution in [0, 0.1) is 0 Å². The van der Waals surface area contributed by atoms with Crippen LogP contribution in [0.1, 0.15) is 55.6 Å². The molecule has 1 aliphatic rings. The molecule has 1 heterocycles. The summed E-state index contributed by atoms with van der Waals surface area (Å²) in [5.74, 6) is 1.28. The van der Waals surface area contributed by atoms with Crippen LogP contribution in [-0.4, -0.2) is 16.5 Å². The van der Waals surface area contributed by atoms with Gasteiger partial charge in [0.2, 0.25) is 0 Å². The van der Waals surface area contributed by atoms with E-state index < -0.39 is 0 Å². The van der Waals surface area contributed by atoms with Gasteiger partial charge in [0.1, 0.15) is 5.82 Å². The Hall–Kier alpha value is -1.16. The van der Waals surface area contributed by atoms with Crippen LogP contribution in [0.25, 0.3) is 0 Å². The van der Waals surface area contributed by atoms with E-state index in [-0.39, 0.29) is 5.56 Å². The summed E-state index contributed by atoms with van der Waals surface area (Å²) in [6.07, 6.45) is 6.25. The fourth-order valence-corrected chi connectivity index (χ4v) is 2.65. The molecule has 0 aliphatic heterocycles. The fourth-order valence-electron chi connectivity index (χ4n) is 2.65. The first-order chi connectivity index (χ1) is 8.26. The number of aryl methyl sites for hydroxylation is 1. The van der Waals surface area contributed by atoms with Gasteiger partial charge in [-0.15, -0.1) is 0 Å². The van der Waals surface area contributed by atoms with Crippen molar-refractivity contribution in [2.45, 2.75) is 51.4 Å². The topological polar surface area (TPSA) is 71.8 Å². The normalized spacial score (nSPS) is 16.6. The molecule has 0 saturated heterocycles. The van der Waals surface area contributed by atoms with E-state index in [0.717, 1.165) is 36.3 Å². The number of hydrogen-bond acceptors (Lipinski definition) is 3. The van der Waals surface area contributed by atoms with Crippen LogP contribution >= 0.6 is 0 Å². The van der Waals surface area contributed by atoms with Crippen molar-refractivity contribution in [3.05, 3.63) is 27.4 Å². The van der Waals surface area contributed by atoms with Crippen molar-refractivity contribution in [1.82, 2.24) is 9.97 Å². The van der Waals surface area contributed by atoms with Gasteiger partial charge in [-0.25, -0.2) is 4.98 Å². The van der Waals surface area contributed by atoms with Crippen molar-refractivity contribution in [2.75, 3.05) is 6.54 Å². The van der Waals surface area contributed by atoms with E-state index in [9.17, 15) is 4.79 Å². The summed E-state index contributed by atoms with van der Waals surface area (Å²) in [4.78, 5) is 19.5. The van der Waals surface area contributed by atoms with Gasteiger partial charge in [-0.3, -0.25) is 4.79 Å². The van der Waals surface area contributed by atoms with Crippen LogP contribution in [-0.2, 0) is 12.8 Å². The lowest BCUT2D eigenvalue weighted by Gasteiger charge is -2.14. The monoisotopic (exact) mass is 235 g/mol. The summed E-state index contributed by atoms with van der Waals surface area (Å²) in [5.41, 5.74) is 7.44. The van der Waals surface area contributed by atoms with Crippen LogP contribution in [0.5, 0.6) is 0 Å². The Bertz CT molecular complexity index is 433. The molecule has 4 nitrogen and oxygen atoms in total.